The van der Waals surface area contributed by atoms with E-state index in [0.717, 1.165) is 16.8 Å². The van der Waals surface area contributed by atoms with Gasteiger partial charge in [-0.2, -0.15) is 0 Å². The van der Waals surface area contributed by atoms with Crippen LogP contribution in [0.4, 0.5) is 0 Å². The second-order valence-electron chi connectivity index (χ2n) is 7.93. The second kappa shape index (κ2) is 8.30. The van der Waals surface area contributed by atoms with Gasteiger partial charge in [-0.05, 0) is 25.8 Å². The number of hydrogen-bond donors (Lipinski definition) is 0. The van der Waals surface area contributed by atoms with E-state index < -0.39 is 6.04 Å². The van der Waals surface area contributed by atoms with Crippen molar-refractivity contribution in [2.45, 2.75) is 39.3 Å². The first-order valence-electron chi connectivity index (χ1n) is 10.3. The quantitative estimate of drug-likeness (QED) is 0.758. The third kappa shape index (κ3) is 3.94. The second-order valence-corrected chi connectivity index (χ2v) is 7.93. The summed E-state index contributed by atoms with van der Waals surface area (Å²) in [6, 6.07) is 9.16. The molecule has 8 nitrogen and oxygen atoms in total. The van der Waals surface area contributed by atoms with Crippen LogP contribution in [0.25, 0.3) is 0 Å². The number of fused-ring (bicyclic) bond motifs is 1. The first-order chi connectivity index (χ1) is 14.4. The van der Waals surface area contributed by atoms with Crippen LogP contribution in [0.1, 0.15) is 29.0 Å². The van der Waals surface area contributed by atoms with Crippen molar-refractivity contribution in [2.24, 2.45) is 0 Å². The molecular formula is C22H26N4O4. The molecule has 1 atom stereocenters. The fourth-order valence-corrected chi connectivity index (χ4v) is 4.23. The van der Waals surface area contributed by atoms with Crippen LogP contribution in [0.15, 0.2) is 34.9 Å². The van der Waals surface area contributed by atoms with Gasteiger partial charge in [0.2, 0.25) is 17.7 Å². The lowest BCUT2D eigenvalue weighted by atomic mass is 10.1. The molecule has 0 radical (unpaired) electrons. The van der Waals surface area contributed by atoms with Gasteiger partial charge in [-0.15, -0.1) is 0 Å². The largest absolute Gasteiger partial charge is 0.361 e. The summed E-state index contributed by atoms with van der Waals surface area (Å²) in [5.41, 5.74) is 2.52. The minimum absolute atomic E-state index is 0.0368. The first-order valence-corrected chi connectivity index (χ1v) is 10.3. The van der Waals surface area contributed by atoms with E-state index >= 15 is 0 Å². The summed E-state index contributed by atoms with van der Waals surface area (Å²) in [4.78, 5) is 43.7. The summed E-state index contributed by atoms with van der Waals surface area (Å²) in [7, 11) is 0. The average Bonchev–Trinajstić information content (AvgIpc) is 2.94. The maximum Gasteiger partial charge on any atom is 0.246 e. The first kappa shape index (κ1) is 20.1. The van der Waals surface area contributed by atoms with Crippen LogP contribution >= 0.6 is 0 Å². The lowest BCUT2D eigenvalue weighted by Crippen LogP contribution is -2.59. The molecule has 30 heavy (non-hydrogen) atoms. The SMILES string of the molecule is Cc1noc(C)c1CC(=O)N1CCC2C(=O)N(Cc3ccccc3)CC(=O)N2CC1. The van der Waals surface area contributed by atoms with Crippen molar-refractivity contribution >= 4 is 17.7 Å². The highest BCUT2D eigenvalue weighted by molar-refractivity contribution is 5.95. The van der Waals surface area contributed by atoms with Crippen LogP contribution in [0.5, 0.6) is 0 Å². The zero-order valence-corrected chi connectivity index (χ0v) is 17.3. The molecule has 4 rings (SSSR count). The molecule has 2 fully saturated rings. The zero-order chi connectivity index (χ0) is 21.3. The van der Waals surface area contributed by atoms with Crippen LogP contribution in [0, 0.1) is 13.8 Å². The zero-order valence-electron chi connectivity index (χ0n) is 17.3. The smallest absolute Gasteiger partial charge is 0.246 e. The van der Waals surface area contributed by atoms with Crippen LogP contribution in [0.2, 0.25) is 0 Å². The minimum Gasteiger partial charge on any atom is -0.361 e. The fraction of sp³-hybridized carbons (Fsp3) is 0.455. The van der Waals surface area contributed by atoms with Crippen LogP contribution in [0.3, 0.4) is 0 Å². The molecule has 3 heterocycles. The lowest BCUT2D eigenvalue weighted by molar-refractivity contribution is -0.156. The molecule has 0 bridgehead atoms. The molecule has 2 aromatic rings. The number of benzene rings is 1. The van der Waals surface area contributed by atoms with Gasteiger partial charge in [-0.25, -0.2) is 0 Å². The number of hydrogen-bond acceptors (Lipinski definition) is 5. The molecular weight excluding hydrogens is 384 g/mol. The highest BCUT2D eigenvalue weighted by Gasteiger charge is 2.41. The minimum atomic E-state index is -0.508. The Hall–Kier alpha value is -3.16. The van der Waals surface area contributed by atoms with Gasteiger partial charge >= 0.3 is 0 Å². The van der Waals surface area contributed by atoms with E-state index in [-0.39, 0.29) is 30.7 Å². The standard InChI is InChI=1S/C22H26N4O4/c1-15-18(16(2)30-23-15)12-20(27)24-9-8-19-22(29)25(13-17-6-4-3-5-7-17)14-21(28)26(19)11-10-24/h3-7,19H,8-14H2,1-2H3. The molecule has 0 saturated carbocycles. The molecule has 0 aliphatic carbocycles. The number of piperazine rings is 1. The summed E-state index contributed by atoms with van der Waals surface area (Å²) in [6.07, 6.45) is 0.664. The Bertz CT molecular complexity index is 936. The van der Waals surface area contributed by atoms with Gasteiger partial charge in [-0.3, -0.25) is 14.4 Å². The lowest BCUT2D eigenvalue weighted by Gasteiger charge is -2.39. The molecule has 8 heteroatoms. The summed E-state index contributed by atoms with van der Waals surface area (Å²) in [5, 5.41) is 3.91. The molecule has 0 N–H and O–H groups in total. The monoisotopic (exact) mass is 410 g/mol. The Balaban J connectivity index is 1.44. The number of carbonyl (C=O) groups is 3. The van der Waals surface area contributed by atoms with E-state index in [4.69, 9.17) is 4.52 Å². The van der Waals surface area contributed by atoms with Crippen LogP contribution < -0.4 is 0 Å². The number of rotatable bonds is 4. The van der Waals surface area contributed by atoms with Gasteiger partial charge in [0.1, 0.15) is 18.3 Å². The topological polar surface area (TPSA) is 87.0 Å². The maximum absolute atomic E-state index is 13.1. The summed E-state index contributed by atoms with van der Waals surface area (Å²) < 4.78 is 5.15. The van der Waals surface area contributed by atoms with E-state index in [1.807, 2.05) is 37.3 Å². The summed E-state index contributed by atoms with van der Waals surface area (Å²) in [5.74, 6) is 0.509. The summed E-state index contributed by atoms with van der Waals surface area (Å²) in [6.45, 7) is 5.37. The fourth-order valence-electron chi connectivity index (χ4n) is 4.23. The van der Waals surface area contributed by atoms with E-state index in [2.05, 4.69) is 5.16 Å². The van der Waals surface area contributed by atoms with Gasteiger partial charge in [0, 0.05) is 31.7 Å². The predicted molar refractivity (Wildman–Crippen MR) is 108 cm³/mol. The van der Waals surface area contributed by atoms with Crippen molar-refractivity contribution in [3.05, 3.63) is 52.9 Å². The Kier molecular flexibility index (Phi) is 5.57. The highest BCUT2D eigenvalue weighted by Crippen LogP contribution is 2.22. The van der Waals surface area contributed by atoms with Gasteiger partial charge in [0.15, 0.2) is 0 Å². The normalized spacial score (nSPS) is 19.7. The Morgan fingerprint density at radius 2 is 1.90 bits per heavy atom. The molecule has 158 valence electrons. The van der Waals surface area contributed by atoms with Crippen molar-refractivity contribution in [1.82, 2.24) is 19.9 Å². The Labute approximate surface area is 175 Å². The van der Waals surface area contributed by atoms with Crippen molar-refractivity contribution < 1.29 is 18.9 Å². The number of aryl methyl sites for hydroxylation is 2. The van der Waals surface area contributed by atoms with E-state index in [9.17, 15) is 14.4 Å². The number of aromatic nitrogens is 1. The van der Waals surface area contributed by atoms with Gasteiger partial charge in [0.05, 0.1) is 12.1 Å². The molecule has 3 amide bonds. The van der Waals surface area contributed by atoms with Crippen LogP contribution in [-0.2, 0) is 27.3 Å². The highest BCUT2D eigenvalue weighted by atomic mass is 16.5. The van der Waals surface area contributed by atoms with Crippen molar-refractivity contribution in [2.75, 3.05) is 26.2 Å². The van der Waals surface area contributed by atoms with Gasteiger partial charge < -0.3 is 19.2 Å². The third-order valence-electron chi connectivity index (χ3n) is 5.98. The van der Waals surface area contributed by atoms with E-state index in [1.165, 1.54) is 0 Å². The number of nitrogens with zero attached hydrogens (tertiary/aromatic N) is 4. The summed E-state index contributed by atoms with van der Waals surface area (Å²) >= 11 is 0. The molecule has 2 saturated heterocycles. The number of amides is 3. The molecule has 0 spiro atoms. The predicted octanol–water partition coefficient (Wildman–Crippen LogP) is 1.31. The molecule has 1 aromatic carbocycles. The number of carbonyl (C=O) groups excluding carboxylic acids is 3. The van der Waals surface area contributed by atoms with E-state index in [1.54, 1.807) is 21.6 Å². The van der Waals surface area contributed by atoms with Crippen molar-refractivity contribution in [3.63, 3.8) is 0 Å². The molecule has 2 aliphatic rings. The molecule has 1 unspecified atom stereocenters. The average molecular weight is 410 g/mol. The van der Waals surface area contributed by atoms with Gasteiger partial charge in [0.25, 0.3) is 0 Å². The van der Waals surface area contributed by atoms with Crippen LogP contribution in [-0.4, -0.2) is 69.8 Å². The Morgan fingerprint density at radius 3 is 2.60 bits per heavy atom. The van der Waals surface area contributed by atoms with Crippen molar-refractivity contribution in [1.29, 1.82) is 0 Å². The third-order valence-corrected chi connectivity index (χ3v) is 5.98. The van der Waals surface area contributed by atoms with Crippen molar-refractivity contribution in [3.8, 4) is 0 Å². The maximum atomic E-state index is 13.1. The van der Waals surface area contributed by atoms with Gasteiger partial charge in [-0.1, -0.05) is 35.5 Å². The molecule has 2 aliphatic heterocycles. The Morgan fingerprint density at radius 1 is 1.13 bits per heavy atom. The van der Waals surface area contributed by atoms with E-state index in [0.29, 0.717) is 38.4 Å². The molecule has 1 aromatic heterocycles.